The highest BCUT2D eigenvalue weighted by atomic mass is 16.5. The van der Waals surface area contributed by atoms with Crippen molar-refractivity contribution in [3.8, 4) is 5.75 Å². The van der Waals surface area contributed by atoms with Gasteiger partial charge in [-0.25, -0.2) is 0 Å². The lowest BCUT2D eigenvalue weighted by atomic mass is 10.1. The van der Waals surface area contributed by atoms with Gasteiger partial charge in [0.05, 0.1) is 12.3 Å². The summed E-state index contributed by atoms with van der Waals surface area (Å²) in [6, 6.07) is 17.0. The van der Waals surface area contributed by atoms with Crippen LogP contribution in [0, 0.1) is 6.92 Å². The van der Waals surface area contributed by atoms with Gasteiger partial charge in [-0.2, -0.15) is 0 Å². The fourth-order valence-electron chi connectivity index (χ4n) is 2.18. The first-order chi connectivity index (χ1) is 9.70. The summed E-state index contributed by atoms with van der Waals surface area (Å²) in [4.78, 5) is 0. The maximum absolute atomic E-state index is 5.78. The summed E-state index contributed by atoms with van der Waals surface area (Å²) in [6.07, 6.45) is 1.02. The monoisotopic (exact) mass is 269 g/mol. The van der Waals surface area contributed by atoms with Crippen molar-refractivity contribution >= 4 is 5.69 Å². The average Bonchev–Trinajstić information content (AvgIpc) is 2.46. The Morgan fingerprint density at radius 2 is 1.90 bits per heavy atom. The highest BCUT2D eigenvalue weighted by Gasteiger charge is 2.08. The Morgan fingerprint density at radius 3 is 2.65 bits per heavy atom. The number of anilines is 1. The molecule has 0 fully saturated rings. The second-order valence-electron chi connectivity index (χ2n) is 5.12. The minimum atomic E-state index is 0.251. The van der Waals surface area contributed by atoms with E-state index in [1.165, 1.54) is 11.1 Å². The van der Waals surface area contributed by atoms with Gasteiger partial charge >= 0.3 is 0 Å². The molecule has 0 saturated heterocycles. The zero-order valence-electron chi connectivity index (χ0n) is 12.5. The summed E-state index contributed by atoms with van der Waals surface area (Å²) in [5.74, 6) is 0.925. The normalized spacial score (nSPS) is 11.9. The molecule has 2 aromatic rings. The Balaban J connectivity index is 2.13. The van der Waals surface area contributed by atoms with E-state index in [-0.39, 0.29) is 6.04 Å². The molecule has 2 rings (SSSR count). The van der Waals surface area contributed by atoms with Crippen LogP contribution >= 0.6 is 0 Å². The molecule has 0 amide bonds. The molecule has 20 heavy (non-hydrogen) atoms. The Labute approximate surface area is 121 Å². The number of para-hydroxylation sites is 2. The number of aryl methyl sites for hydroxylation is 1. The van der Waals surface area contributed by atoms with Gasteiger partial charge in [-0.3, -0.25) is 0 Å². The van der Waals surface area contributed by atoms with Gasteiger partial charge in [0, 0.05) is 6.04 Å². The fraction of sp³-hybridized carbons (Fsp3) is 0.333. The maximum atomic E-state index is 5.78. The van der Waals surface area contributed by atoms with Gasteiger partial charge in [-0.15, -0.1) is 0 Å². The molecule has 0 aliphatic rings. The first kappa shape index (κ1) is 14.4. The molecule has 0 saturated carbocycles. The van der Waals surface area contributed by atoms with Crippen LogP contribution in [0.3, 0.4) is 0 Å². The molecule has 1 N–H and O–H groups in total. The summed E-state index contributed by atoms with van der Waals surface area (Å²) in [7, 11) is 0. The van der Waals surface area contributed by atoms with Crippen LogP contribution in [0.4, 0.5) is 5.69 Å². The Hall–Kier alpha value is -1.96. The topological polar surface area (TPSA) is 21.3 Å². The molecule has 0 heterocycles. The van der Waals surface area contributed by atoms with Crippen LogP contribution in [0.25, 0.3) is 0 Å². The van der Waals surface area contributed by atoms with E-state index in [4.69, 9.17) is 4.74 Å². The van der Waals surface area contributed by atoms with Crippen molar-refractivity contribution in [2.75, 3.05) is 11.9 Å². The molecule has 2 heteroatoms. The highest BCUT2D eigenvalue weighted by molar-refractivity contribution is 5.57. The zero-order chi connectivity index (χ0) is 14.4. The summed E-state index contributed by atoms with van der Waals surface area (Å²) in [5.41, 5.74) is 3.62. The summed E-state index contributed by atoms with van der Waals surface area (Å²) in [6.45, 7) is 7.16. The van der Waals surface area contributed by atoms with Crippen molar-refractivity contribution in [3.63, 3.8) is 0 Å². The van der Waals surface area contributed by atoms with Crippen LogP contribution in [-0.4, -0.2) is 6.61 Å². The van der Waals surface area contributed by atoms with Crippen LogP contribution in [-0.2, 0) is 0 Å². The molecule has 0 aliphatic heterocycles. The molecule has 106 valence electrons. The minimum absolute atomic E-state index is 0.251. The van der Waals surface area contributed by atoms with Gasteiger partial charge in [0.15, 0.2) is 0 Å². The largest absolute Gasteiger partial charge is 0.491 e. The van der Waals surface area contributed by atoms with Crippen LogP contribution in [0.1, 0.15) is 37.4 Å². The molecule has 0 spiro atoms. The van der Waals surface area contributed by atoms with Crippen LogP contribution in [0.5, 0.6) is 5.75 Å². The lowest BCUT2D eigenvalue weighted by molar-refractivity contribution is 0.318. The molecule has 0 aliphatic carbocycles. The van der Waals surface area contributed by atoms with Crippen molar-refractivity contribution < 1.29 is 4.74 Å². The first-order valence-corrected chi connectivity index (χ1v) is 7.25. The average molecular weight is 269 g/mol. The summed E-state index contributed by atoms with van der Waals surface area (Å²) >= 11 is 0. The maximum Gasteiger partial charge on any atom is 0.142 e. The van der Waals surface area contributed by atoms with Crippen LogP contribution in [0.15, 0.2) is 48.5 Å². The van der Waals surface area contributed by atoms with E-state index in [0.29, 0.717) is 0 Å². The minimum Gasteiger partial charge on any atom is -0.491 e. The third kappa shape index (κ3) is 3.77. The molecule has 0 radical (unpaired) electrons. The molecule has 0 bridgehead atoms. The molecule has 0 aromatic heterocycles. The summed E-state index contributed by atoms with van der Waals surface area (Å²) < 4.78 is 5.78. The number of nitrogens with one attached hydrogen (secondary N) is 1. The van der Waals surface area contributed by atoms with E-state index >= 15 is 0 Å². The predicted octanol–water partition coefficient (Wildman–Crippen LogP) is 4.96. The van der Waals surface area contributed by atoms with E-state index in [1.807, 2.05) is 18.2 Å². The number of hydrogen-bond acceptors (Lipinski definition) is 2. The molecular weight excluding hydrogens is 246 g/mol. The van der Waals surface area contributed by atoms with E-state index in [0.717, 1.165) is 24.5 Å². The van der Waals surface area contributed by atoms with Crippen molar-refractivity contribution in [3.05, 3.63) is 59.7 Å². The first-order valence-electron chi connectivity index (χ1n) is 7.25. The van der Waals surface area contributed by atoms with Crippen molar-refractivity contribution in [2.24, 2.45) is 0 Å². The lowest BCUT2D eigenvalue weighted by Crippen LogP contribution is -2.08. The number of hydrogen-bond donors (Lipinski definition) is 1. The second kappa shape index (κ2) is 6.99. The van der Waals surface area contributed by atoms with Gasteiger partial charge in [-0.1, -0.05) is 48.9 Å². The lowest BCUT2D eigenvalue weighted by Gasteiger charge is -2.19. The Kier molecular flexibility index (Phi) is 5.05. The van der Waals surface area contributed by atoms with Gasteiger partial charge < -0.3 is 10.1 Å². The van der Waals surface area contributed by atoms with E-state index in [9.17, 15) is 0 Å². The Bertz CT molecular complexity index is 551. The molecule has 2 aromatic carbocycles. The van der Waals surface area contributed by atoms with Gasteiger partial charge in [0.25, 0.3) is 0 Å². The SMILES string of the molecule is CCCOc1ccccc1NC(C)c1cccc(C)c1. The second-order valence-corrected chi connectivity index (χ2v) is 5.12. The summed E-state index contributed by atoms with van der Waals surface area (Å²) in [5, 5.41) is 3.54. The Morgan fingerprint density at radius 1 is 1.10 bits per heavy atom. The highest BCUT2D eigenvalue weighted by Crippen LogP contribution is 2.28. The fourth-order valence-corrected chi connectivity index (χ4v) is 2.18. The smallest absolute Gasteiger partial charge is 0.142 e. The predicted molar refractivity (Wildman–Crippen MR) is 85.4 cm³/mol. The number of rotatable bonds is 6. The third-order valence-electron chi connectivity index (χ3n) is 3.26. The standard InChI is InChI=1S/C18H23NO/c1-4-12-20-18-11-6-5-10-17(18)19-15(3)16-9-7-8-14(2)13-16/h5-11,13,15,19H,4,12H2,1-3H3. The van der Waals surface area contributed by atoms with Crippen LogP contribution < -0.4 is 10.1 Å². The molecular formula is C18H23NO. The molecule has 1 unspecified atom stereocenters. The van der Waals surface area contributed by atoms with Gasteiger partial charge in [-0.05, 0) is 38.0 Å². The van der Waals surface area contributed by atoms with Gasteiger partial charge in [0.2, 0.25) is 0 Å². The molecule has 2 nitrogen and oxygen atoms in total. The number of benzene rings is 2. The van der Waals surface area contributed by atoms with Crippen molar-refractivity contribution in [1.29, 1.82) is 0 Å². The van der Waals surface area contributed by atoms with Gasteiger partial charge in [0.1, 0.15) is 5.75 Å². The van der Waals surface area contributed by atoms with E-state index in [1.54, 1.807) is 0 Å². The third-order valence-corrected chi connectivity index (χ3v) is 3.26. The van der Waals surface area contributed by atoms with Crippen LogP contribution in [0.2, 0.25) is 0 Å². The van der Waals surface area contributed by atoms with Crippen molar-refractivity contribution in [1.82, 2.24) is 0 Å². The molecule has 1 atom stereocenters. The van der Waals surface area contributed by atoms with Crippen molar-refractivity contribution in [2.45, 2.75) is 33.2 Å². The number of ether oxygens (including phenoxy) is 1. The zero-order valence-corrected chi connectivity index (χ0v) is 12.5. The quantitative estimate of drug-likeness (QED) is 0.800. The van der Waals surface area contributed by atoms with E-state index in [2.05, 4.69) is 56.4 Å². The van der Waals surface area contributed by atoms with E-state index < -0.39 is 0 Å².